The largest absolute Gasteiger partial charge is 0.396 e. The van der Waals surface area contributed by atoms with Crippen LogP contribution < -0.4 is 11.1 Å². The van der Waals surface area contributed by atoms with Crippen LogP contribution in [0.5, 0.6) is 0 Å². The highest BCUT2D eigenvalue weighted by atomic mass is 35.5. The van der Waals surface area contributed by atoms with Crippen LogP contribution in [0.3, 0.4) is 0 Å². The number of nitrogens with one attached hydrogen (secondary N) is 1. The lowest BCUT2D eigenvalue weighted by Gasteiger charge is -2.09. The van der Waals surface area contributed by atoms with Gasteiger partial charge in [-0.3, -0.25) is 4.79 Å². The number of nitrogen functional groups attached to an aromatic ring is 1. The maximum Gasteiger partial charge on any atom is 0.258 e. The van der Waals surface area contributed by atoms with Crippen LogP contribution in [-0.2, 0) is 0 Å². The first kappa shape index (κ1) is 14.4. The van der Waals surface area contributed by atoms with E-state index in [1.807, 2.05) is 0 Å². The Balaban J connectivity index is 2.36. The Labute approximate surface area is 121 Å². The second kappa shape index (κ2) is 5.56. The van der Waals surface area contributed by atoms with Crippen molar-refractivity contribution < 1.29 is 13.6 Å². The van der Waals surface area contributed by atoms with E-state index in [2.05, 4.69) is 15.3 Å². The van der Waals surface area contributed by atoms with Crippen LogP contribution in [0.25, 0.3) is 0 Å². The molecule has 0 atom stereocenters. The summed E-state index contributed by atoms with van der Waals surface area (Å²) >= 11 is 11.5. The van der Waals surface area contributed by atoms with Crippen molar-refractivity contribution in [3.63, 3.8) is 0 Å². The number of rotatable bonds is 2. The monoisotopic (exact) mass is 318 g/mol. The molecule has 5 nitrogen and oxygen atoms in total. The standard InChI is InChI=1S/C11H6Cl2F2N4O/c12-9-8(10(13)18-3-17-9)19-11(20)4-1-7(16)6(15)2-5(4)14/h1-3H,16H2,(H,19,20). The molecule has 0 aliphatic heterocycles. The number of carbonyl (C=O) groups excluding carboxylic acids is 1. The van der Waals surface area contributed by atoms with Gasteiger partial charge in [-0.15, -0.1) is 0 Å². The summed E-state index contributed by atoms with van der Waals surface area (Å²) in [6.07, 6.45) is 1.09. The number of amides is 1. The molecule has 2 aromatic rings. The van der Waals surface area contributed by atoms with Crippen molar-refractivity contribution in [2.45, 2.75) is 0 Å². The van der Waals surface area contributed by atoms with E-state index in [-0.39, 0.29) is 21.7 Å². The molecule has 0 aliphatic carbocycles. The number of halogens is 4. The van der Waals surface area contributed by atoms with Crippen molar-refractivity contribution >= 4 is 40.5 Å². The third-order valence-electron chi connectivity index (χ3n) is 2.32. The number of benzene rings is 1. The Bertz CT molecular complexity index is 676. The average molecular weight is 319 g/mol. The Hall–Kier alpha value is -1.99. The van der Waals surface area contributed by atoms with Gasteiger partial charge in [0.15, 0.2) is 10.3 Å². The molecule has 0 spiro atoms. The van der Waals surface area contributed by atoms with Gasteiger partial charge in [0.2, 0.25) is 0 Å². The number of hydrogen-bond donors (Lipinski definition) is 2. The molecule has 9 heteroatoms. The van der Waals surface area contributed by atoms with Crippen molar-refractivity contribution in [3.8, 4) is 0 Å². The molecular formula is C11H6Cl2F2N4O. The first-order valence-electron chi connectivity index (χ1n) is 5.12. The molecule has 1 aromatic carbocycles. The Morgan fingerprint density at radius 1 is 1.15 bits per heavy atom. The summed E-state index contributed by atoms with van der Waals surface area (Å²) in [5, 5.41) is 2.00. The summed E-state index contributed by atoms with van der Waals surface area (Å²) in [4.78, 5) is 19.1. The molecule has 1 heterocycles. The highest BCUT2D eigenvalue weighted by Gasteiger charge is 2.18. The van der Waals surface area contributed by atoms with Crippen molar-refractivity contribution in [1.29, 1.82) is 0 Å². The molecule has 20 heavy (non-hydrogen) atoms. The fourth-order valence-electron chi connectivity index (χ4n) is 1.37. The third kappa shape index (κ3) is 2.78. The molecule has 3 N–H and O–H groups in total. The van der Waals surface area contributed by atoms with Gasteiger partial charge in [-0.25, -0.2) is 18.7 Å². The molecule has 1 aromatic heterocycles. The molecule has 0 bridgehead atoms. The van der Waals surface area contributed by atoms with E-state index in [0.717, 1.165) is 12.4 Å². The van der Waals surface area contributed by atoms with E-state index in [1.54, 1.807) is 0 Å². The SMILES string of the molecule is Nc1cc(C(=O)Nc2c(Cl)ncnc2Cl)c(F)cc1F. The quantitative estimate of drug-likeness (QED) is 0.659. The predicted octanol–water partition coefficient (Wildman–Crippen LogP) is 2.90. The van der Waals surface area contributed by atoms with Crippen LogP contribution in [0.4, 0.5) is 20.2 Å². The number of nitrogens with zero attached hydrogens (tertiary/aromatic N) is 2. The maximum absolute atomic E-state index is 13.5. The lowest BCUT2D eigenvalue weighted by atomic mass is 10.1. The van der Waals surface area contributed by atoms with Gasteiger partial charge in [-0.05, 0) is 6.07 Å². The molecule has 0 saturated carbocycles. The van der Waals surface area contributed by atoms with Crippen LogP contribution in [0, 0.1) is 11.6 Å². The Morgan fingerprint density at radius 3 is 2.35 bits per heavy atom. The minimum atomic E-state index is -1.07. The summed E-state index contributed by atoms with van der Waals surface area (Å²) in [6, 6.07) is 1.38. The van der Waals surface area contributed by atoms with Gasteiger partial charge in [0.1, 0.15) is 23.6 Å². The first-order valence-corrected chi connectivity index (χ1v) is 5.87. The van der Waals surface area contributed by atoms with E-state index in [4.69, 9.17) is 28.9 Å². The predicted molar refractivity (Wildman–Crippen MR) is 70.8 cm³/mol. The molecule has 0 saturated heterocycles. The van der Waals surface area contributed by atoms with E-state index < -0.39 is 23.1 Å². The topological polar surface area (TPSA) is 80.9 Å². The minimum Gasteiger partial charge on any atom is -0.396 e. The normalized spacial score (nSPS) is 10.4. The van der Waals surface area contributed by atoms with Crippen molar-refractivity contribution in [3.05, 3.63) is 46.0 Å². The second-order valence-corrected chi connectivity index (χ2v) is 4.35. The Kier molecular flexibility index (Phi) is 4.01. The van der Waals surface area contributed by atoms with Gasteiger partial charge in [-0.2, -0.15) is 0 Å². The van der Waals surface area contributed by atoms with Crippen molar-refractivity contribution in [2.75, 3.05) is 11.1 Å². The molecule has 0 unspecified atom stereocenters. The van der Waals surface area contributed by atoms with Crippen molar-refractivity contribution in [2.24, 2.45) is 0 Å². The molecule has 104 valence electrons. The third-order valence-corrected chi connectivity index (χ3v) is 2.90. The smallest absolute Gasteiger partial charge is 0.258 e. The van der Waals surface area contributed by atoms with Crippen LogP contribution in [0.15, 0.2) is 18.5 Å². The zero-order valence-electron chi connectivity index (χ0n) is 9.62. The van der Waals surface area contributed by atoms with E-state index in [1.165, 1.54) is 0 Å². The lowest BCUT2D eigenvalue weighted by Crippen LogP contribution is -2.16. The van der Waals surface area contributed by atoms with Crippen LogP contribution in [0.1, 0.15) is 10.4 Å². The zero-order chi connectivity index (χ0) is 14.9. The molecule has 1 amide bonds. The van der Waals surface area contributed by atoms with Gasteiger partial charge in [0.25, 0.3) is 5.91 Å². The second-order valence-electron chi connectivity index (χ2n) is 3.64. The lowest BCUT2D eigenvalue weighted by molar-refractivity contribution is 0.102. The summed E-state index contributed by atoms with van der Waals surface area (Å²) < 4.78 is 26.6. The molecule has 0 aliphatic rings. The van der Waals surface area contributed by atoms with Crippen LogP contribution >= 0.6 is 23.2 Å². The summed E-state index contributed by atoms with van der Waals surface area (Å²) in [5.41, 5.74) is 4.38. The number of hydrogen-bond acceptors (Lipinski definition) is 4. The van der Waals surface area contributed by atoms with Crippen molar-refractivity contribution in [1.82, 2.24) is 9.97 Å². The van der Waals surface area contributed by atoms with Gasteiger partial charge >= 0.3 is 0 Å². The maximum atomic E-state index is 13.5. The average Bonchev–Trinajstić information content (AvgIpc) is 2.38. The Morgan fingerprint density at radius 2 is 1.75 bits per heavy atom. The van der Waals surface area contributed by atoms with Crippen LogP contribution in [0.2, 0.25) is 10.3 Å². The first-order chi connectivity index (χ1) is 9.40. The number of anilines is 2. The minimum absolute atomic E-state index is 0.0804. The molecule has 0 fully saturated rings. The molecule has 2 rings (SSSR count). The zero-order valence-corrected chi connectivity index (χ0v) is 11.1. The van der Waals surface area contributed by atoms with E-state index in [0.29, 0.717) is 6.07 Å². The van der Waals surface area contributed by atoms with Gasteiger partial charge < -0.3 is 11.1 Å². The number of carbonyl (C=O) groups is 1. The molecular weight excluding hydrogens is 313 g/mol. The summed E-state index contributed by atoms with van der Waals surface area (Å²) in [6.45, 7) is 0. The van der Waals surface area contributed by atoms with Crippen LogP contribution in [-0.4, -0.2) is 15.9 Å². The van der Waals surface area contributed by atoms with Gasteiger partial charge in [-0.1, -0.05) is 23.2 Å². The highest BCUT2D eigenvalue weighted by molar-refractivity contribution is 6.38. The summed E-state index contributed by atoms with van der Waals surface area (Å²) in [7, 11) is 0. The van der Waals surface area contributed by atoms with E-state index >= 15 is 0 Å². The number of aromatic nitrogens is 2. The van der Waals surface area contributed by atoms with Gasteiger partial charge in [0.05, 0.1) is 11.3 Å². The van der Waals surface area contributed by atoms with Gasteiger partial charge in [0, 0.05) is 6.07 Å². The summed E-state index contributed by atoms with van der Waals surface area (Å²) in [5.74, 6) is -2.94. The molecule has 0 radical (unpaired) electrons. The fourth-order valence-corrected chi connectivity index (χ4v) is 1.78. The highest BCUT2D eigenvalue weighted by Crippen LogP contribution is 2.27. The number of nitrogens with two attached hydrogens (primary N) is 1. The van der Waals surface area contributed by atoms with E-state index in [9.17, 15) is 13.6 Å². The fraction of sp³-hybridized carbons (Fsp3) is 0.